The van der Waals surface area contributed by atoms with E-state index in [0.717, 1.165) is 24.3 Å². The van der Waals surface area contributed by atoms with Gasteiger partial charge in [-0.2, -0.15) is 14.9 Å². The van der Waals surface area contributed by atoms with Crippen LogP contribution in [0.5, 0.6) is 5.75 Å². The average Bonchev–Trinajstić information content (AvgIpc) is 3.05. The van der Waals surface area contributed by atoms with Gasteiger partial charge in [-0.25, -0.2) is 9.49 Å². The van der Waals surface area contributed by atoms with Crippen molar-refractivity contribution in [2.75, 3.05) is 6.61 Å². The van der Waals surface area contributed by atoms with Gasteiger partial charge in [0, 0.05) is 0 Å². The number of aromatic amines is 1. The predicted molar refractivity (Wildman–Crippen MR) is 107 cm³/mol. The monoisotopic (exact) mass is 384 g/mol. The SMILES string of the molecule is CCCCCOc1ccc(/C=N\n2c(-c3ccccc3F)n[nH]c2=S)cc1. The molecule has 0 amide bonds. The molecule has 3 rings (SSSR count). The van der Waals surface area contributed by atoms with Crippen LogP contribution >= 0.6 is 12.2 Å². The van der Waals surface area contributed by atoms with Crippen molar-refractivity contribution in [1.29, 1.82) is 0 Å². The number of H-pyrrole nitrogens is 1. The fourth-order valence-electron chi connectivity index (χ4n) is 2.53. The first kappa shape index (κ1) is 19.0. The van der Waals surface area contributed by atoms with Crippen LogP contribution in [0.1, 0.15) is 31.7 Å². The zero-order valence-electron chi connectivity index (χ0n) is 15.1. The van der Waals surface area contributed by atoms with Crippen molar-refractivity contribution >= 4 is 18.4 Å². The summed E-state index contributed by atoms with van der Waals surface area (Å²) in [5.74, 6) is 0.771. The lowest BCUT2D eigenvalue weighted by atomic mass is 10.2. The average molecular weight is 384 g/mol. The second kappa shape index (κ2) is 9.23. The van der Waals surface area contributed by atoms with E-state index in [1.165, 1.54) is 23.6 Å². The van der Waals surface area contributed by atoms with Crippen LogP contribution in [0.25, 0.3) is 11.4 Å². The van der Waals surface area contributed by atoms with E-state index in [9.17, 15) is 4.39 Å². The number of nitrogens with one attached hydrogen (secondary N) is 1. The van der Waals surface area contributed by atoms with Crippen molar-refractivity contribution in [3.05, 3.63) is 64.7 Å². The molecule has 1 aromatic heterocycles. The van der Waals surface area contributed by atoms with E-state index < -0.39 is 0 Å². The number of hydrogen-bond donors (Lipinski definition) is 1. The van der Waals surface area contributed by atoms with Crippen molar-refractivity contribution in [3.8, 4) is 17.1 Å². The fraction of sp³-hybridized carbons (Fsp3) is 0.250. The smallest absolute Gasteiger partial charge is 0.216 e. The first-order valence-corrected chi connectivity index (χ1v) is 9.29. The maximum absolute atomic E-state index is 14.1. The highest BCUT2D eigenvalue weighted by atomic mass is 32.1. The third kappa shape index (κ3) is 4.89. The van der Waals surface area contributed by atoms with Gasteiger partial charge in [0.05, 0.1) is 18.4 Å². The number of nitrogens with zero attached hydrogens (tertiary/aromatic N) is 3. The molecule has 3 aromatic rings. The molecule has 0 spiro atoms. The minimum atomic E-state index is -0.382. The molecule has 0 aliphatic rings. The second-order valence-corrected chi connectivity index (χ2v) is 6.40. The topological polar surface area (TPSA) is 55.2 Å². The molecule has 5 nitrogen and oxygen atoms in total. The molecule has 1 N–H and O–H groups in total. The summed E-state index contributed by atoms with van der Waals surface area (Å²) < 4.78 is 21.5. The molecule has 0 atom stereocenters. The Hall–Kier alpha value is -2.80. The van der Waals surface area contributed by atoms with E-state index >= 15 is 0 Å². The number of benzene rings is 2. The third-order valence-corrected chi connectivity index (χ3v) is 4.25. The Balaban J connectivity index is 1.74. The van der Waals surface area contributed by atoms with Gasteiger partial charge in [0.15, 0.2) is 5.82 Å². The fourth-order valence-corrected chi connectivity index (χ4v) is 2.71. The van der Waals surface area contributed by atoms with Crippen LogP contribution in [0.2, 0.25) is 0 Å². The van der Waals surface area contributed by atoms with E-state index in [1.54, 1.807) is 24.4 Å². The lowest BCUT2D eigenvalue weighted by molar-refractivity contribution is 0.306. The molecule has 0 fully saturated rings. The van der Waals surface area contributed by atoms with Crippen LogP contribution in [0.15, 0.2) is 53.6 Å². The highest BCUT2D eigenvalue weighted by Crippen LogP contribution is 2.20. The van der Waals surface area contributed by atoms with E-state index in [1.807, 2.05) is 24.3 Å². The molecule has 2 aromatic carbocycles. The molecule has 27 heavy (non-hydrogen) atoms. The Morgan fingerprint density at radius 2 is 1.96 bits per heavy atom. The second-order valence-electron chi connectivity index (χ2n) is 6.01. The minimum Gasteiger partial charge on any atom is -0.494 e. The molecular weight excluding hydrogens is 363 g/mol. The van der Waals surface area contributed by atoms with Crippen molar-refractivity contribution in [2.45, 2.75) is 26.2 Å². The van der Waals surface area contributed by atoms with Crippen LogP contribution in [0.4, 0.5) is 4.39 Å². The van der Waals surface area contributed by atoms with E-state index in [4.69, 9.17) is 17.0 Å². The van der Waals surface area contributed by atoms with Crippen LogP contribution in [0, 0.1) is 10.6 Å². The number of rotatable bonds is 8. The molecular formula is C20H21FN4OS. The molecule has 0 aliphatic heterocycles. The Kier molecular flexibility index (Phi) is 6.49. The lowest BCUT2D eigenvalue weighted by Crippen LogP contribution is -1.98. The predicted octanol–water partition coefficient (Wildman–Crippen LogP) is 5.20. The normalized spacial score (nSPS) is 11.2. The quantitative estimate of drug-likeness (QED) is 0.330. The van der Waals surface area contributed by atoms with Crippen molar-refractivity contribution in [3.63, 3.8) is 0 Å². The molecule has 0 saturated carbocycles. The van der Waals surface area contributed by atoms with Crippen molar-refractivity contribution in [2.24, 2.45) is 5.10 Å². The molecule has 0 unspecified atom stereocenters. The zero-order chi connectivity index (χ0) is 19.1. The van der Waals surface area contributed by atoms with Gasteiger partial charge in [-0.1, -0.05) is 31.9 Å². The Morgan fingerprint density at radius 3 is 2.70 bits per heavy atom. The summed E-state index contributed by atoms with van der Waals surface area (Å²) in [5.41, 5.74) is 1.20. The van der Waals surface area contributed by atoms with E-state index in [0.29, 0.717) is 16.2 Å². The van der Waals surface area contributed by atoms with Gasteiger partial charge in [0.2, 0.25) is 4.77 Å². The standard InChI is InChI=1S/C20H21FN4OS/c1-2-3-6-13-26-16-11-9-15(10-12-16)14-22-25-19(23-24-20(25)27)17-7-4-5-8-18(17)21/h4-5,7-12,14H,2-3,6,13H2,1H3,(H,24,27)/b22-14-. The number of unbranched alkanes of at least 4 members (excludes halogenated alkanes) is 2. The number of hydrogen-bond acceptors (Lipinski definition) is 4. The van der Waals surface area contributed by atoms with Crippen LogP contribution in [-0.2, 0) is 0 Å². The number of aromatic nitrogens is 3. The first-order chi connectivity index (χ1) is 13.2. The third-order valence-electron chi connectivity index (χ3n) is 3.98. The molecule has 140 valence electrons. The van der Waals surface area contributed by atoms with E-state index in [2.05, 4.69) is 22.2 Å². The number of ether oxygens (including phenoxy) is 1. The van der Waals surface area contributed by atoms with Gasteiger partial charge < -0.3 is 4.74 Å². The summed E-state index contributed by atoms with van der Waals surface area (Å²) in [5, 5.41) is 11.1. The van der Waals surface area contributed by atoms with Gasteiger partial charge in [0.1, 0.15) is 11.6 Å². The van der Waals surface area contributed by atoms with Crippen molar-refractivity contribution in [1.82, 2.24) is 14.9 Å². The molecule has 0 bridgehead atoms. The van der Waals surface area contributed by atoms with Crippen LogP contribution in [0.3, 0.4) is 0 Å². The van der Waals surface area contributed by atoms with Gasteiger partial charge in [-0.15, -0.1) is 0 Å². The highest BCUT2D eigenvalue weighted by molar-refractivity contribution is 7.71. The summed E-state index contributed by atoms with van der Waals surface area (Å²) in [7, 11) is 0. The van der Waals surface area contributed by atoms with Gasteiger partial charge in [-0.05, 0) is 60.6 Å². The molecule has 7 heteroatoms. The summed E-state index contributed by atoms with van der Waals surface area (Å²) >= 11 is 5.21. The van der Waals surface area contributed by atoms with Gasteiger partial charge in [0.25, 0.3) is 0 Å². The summed E-state index contributed by atoms with van der Waals surface area (Å²) in [6.07, 6.45) is 5.04. The molecule has 0 saturated heterocycles. The first-order valence-electron chi connectivity index (χ1n) is 8.88. The lowest BCUT2D eigenvalue weighted by Gasteiger charge is -2.05. The Morgan fingerprint density at radius 1 is 1.19 bits per heavy atom. The molecule has 0 aliphatic carbocycles. The van der Waals surface area contributed by atoms with Crippen LogP contribution in [-0.4, -0.2) is 27.7 Å². The minimum absolute atomic E-state index is 0.292. The molecule has 1 heterocycles. The zero-order valence-corrected chi connectivity index (χ0v) is 15.9. The summed E-state index contributed by atoms with van der Waals surface area (Å²) in [4.78, 5) is 0. The highest BCUT2D eigenvalue weighted by Gasteiger charge is 2.12. The molecule has 0 radical (unpaired) electrons. The Labute approximate surface area is 162 Å². The van der Waals surface area contributed by atoms with Gasteiger partial charge >= 0.3 is 0 Å². The Bertz CT molecular complexity index is 963. The maximum atomic E-state index is 14.1. The van der Waals surface area contributed by atoms with E-state index in [-0.39, 0.29) is 5.82 Å². The largest absolute Gasteiger partial charge is 0.494 e. The van der Waals surface area contributed by atoms with Crippen molar-refractivity contribution < 1.29 is 9.13 Å². The number of halogens is 1. The van der Waals surface area contributed by atoms with Crippen LogP contribution < -0.4 is 4.74 Å². The summed E-state index contributed by atoms with van der Waals surface area (Å²) in [6.45, 7) is 2.88. The maximum Gasteiger partial charge on any atom is 0.216 e. The summed E-state index contributed by atoms with van der Waals surface area (Å²) in [6, 6.07) is 14.0. The van der Waals surface area contributed by atoms with Gasteiger partial charge in [-0.3, -0.25) is 0 Å².